The molecule has 5 nitrogen and oxygen atoms in total. The predicted octanol–water partition coefficient (Wildman–Crippen LogP) is 3.42. The molecule has 142 valence electrons. The predicted molar refractivity (Wildman–Crippen MR) is 106 cm³/mol. The lowest BCUT2D eigenvalue weighted by Crippen LogP contribution is -2.40. The summed E-state index contributed by atoms with van der Waals surface area (Å²) in [7, 11) is 3.33. The molecule has 2 atom stereocenters. The molecule has 1 aromatic heterocycles. The number of methoxy groups -OCH3 is 2. The van der Waals surface area contributed by atoms with E-state index in [4.69, 9.17) is 9.47 Å². The van der Waals surface area contributed by atoms with Crippen LogP contribution in [0.1, 0.15) is 43.7 Å². The molecule has 1 aromatic carbocycles. The van der Waals surface area contributed by atoms with Crippen LogP contribution in [0.2, 0.25) is 0 Å². The minimum absolute atomic E-state index is 0.238. The van der Waals surface area contributed by atoms with Gasteiger partial charge in [-0.3, -0.25) is 4.98 Å². The molecule has 0 saturated carbocycles. The van der Waals surface area contributed by atoms with Gasteiger partial charge in [-0.2, -0.15) is 0 Å². The number of hydrogen-bond acceptors (Lipinski definition) is 5. The zero-order chi connectivity index (χ0) is 19.2. The van der Waals surface area contributed by atoms with Gasteiger partial charge in [0.05, 0.1) is 12.8 Å². The Hall–Kier alpha value is -1.60. The minimum atomic E-state index is -1.06. The van der Waals surface area contributed by atoms with Crippen LogP contribution in [0.3, 0.4) is 0 Å². The Morgan fingerprint density at radius 3 is 2.42 bits per heavy atom. The number of nitrogens with zero attached hydrogens (tertiary/aromatic N) is 1. The van der Waals surface area contributed by atoms with Gasteiger partial charge >= 0.3 is 0 Å². The molecule has 1 heterocycles. The van der Waals surface area contributed by atoms with Crippen molar-refractivity contribution in [1.29, 1.82) is 0 Å². The number of hydrogen-bond donors (Lipinski definition) is 1. The second-order valence-electron chi connectivity index (χ2n) is 7.00. The monoisotopic (exact) mass is 376 g/mol. The first-order valence-corrected chi connectivity index (χ1v) is 9.77. The van der Waals surface area contributed by atoms with Gasteiger partial charge in [-0.25, -0.2) is 0 Å². The molecule has 0 aliphatic rings. The van der Waals surface area contributed by atoms with Gasteiger partial charge < -0.3 is 14.0 Å². The molecule has 2 unspecified atom stereocenters. The second kappa shape index (κ2) is 9.37. The molecule has 26 heavy (non-hydrogen) atoms. The minimum Gasteiger partial charge on any atom is -0.598 e. The van der Waals surface area contributed by atoms with E-state index >= 15 is 0 Å². The third-order valence-corrected chi connectivity index (χ3v) is 5.55. The molecule has 6 heteroatoms. The van der Waals surface area contributed by atoms with Gasteiger partial charge in [0, 0.05) is 31.2 Å². The molecule has 1 N–H and O–H groups in total. The van der Waals surface area contributed by atoms with Gasteiger partial charge in [-0.15, -0.1) is 4.72 Å². The Morgan fingerprint density at radius 1 is 1.15 bits per heavy atom. The zero-order valence-corrected chi connectivity index (χ0v) is 16.9. The van der Waals surface area contributed by atoms with E-state index in [-0.39, 0.29) is 10.9 Å². The van der Waals surface area contributed by atoms with Crippen LogP contribution in [0, 0.1) is 0 Å². The molecule has 0 bridgehead atoms. The van der Waals surface area contributed by atoms with Crippen LogP contribution in [0.15, 0.2) is 42.6 Å². The fourth-order valence-electron chi connectivity index (χ4n) is 2.50. The zero-order valence-electron chi connectivity index (χ0n) is 16.1. The summed E-state index contributed by atoms with van der Waals surface area (Å²) >= 11 is -1.06. The largest absolute Gasteiger partial charge is 0.598 e. The smallest absolute Gasteiger partial charge is 0.136 e. The summed E-state index contributed by atoms with van der Waals surface area (Å²) in [5, 5.41) is 0. The van der Waals surface area contributed by atoms with E-state index in [9.17, 15) is 4.55 Å². The SMILES string of the molecule is COc1ccc(C(OC)c2cc(CCN[S+]([O-])C(C)(C)C)ccn2)cc1. The maximum absolute atomic E-state index is 12.1. The normalized spacial score (nSPS) is 14.1. The summed E-state index contributed by atoms with van der Waals surface area (Å²) < 4.78 is 25.8. The number of ether oxygens (including phenoxy) is 2. The highest BCUT2D eigenvalue weighted by molar-refractivity contribution is 7.90. The van der Waals surface area contributed by atoms with E-state index in [1.54, 1.807) is 20.4 Å². The molecule has 2 rings (SSSR count). The van der Waals surface area contributed by atoms with Crippen molar-refractivity contribution in [1.82, 2.24) is 9.71 Å². The molecule has 0 aliphatic carbocycles. The van der Waals surface area contributed by atoms with Crippen LogP contribution in [-0.2, 0) is 22.5 Å². The van der Waals surface area contributed by atoms with Crippen molar-refractivity contribution >= 4 is 11.4 Å². The third kappa shape index (κ3) is 5.71. The molecular formula is C20H28N2O3S. The summed E-state index contributed by atoms with van der Waals surface area (Å²) in [6, 6.07) is 11.8. The van der Waals surface area contributed by atoms with Crippen molar-refractivity contribution in [3.63, 3.8) is 0 Å². The van der Waals surface area contributed by atoms with Crippen LogP contribution in [-0.4, -0.2) is 35.0 Å². The molecule has 0 spiro atoms. The quantitative estimate of drug-likeness (QED) is 0.715. The standard InChI is InChI=1S/C20H28N2O3S/c1-20(2,3)26(23)22-13-11-15-10-12-21-18(14-15)19(25-5)16-6-8-17(24-4)9-7-16/h6-10,12,14,19,22H,11,13H2,1-5H3. The first-order valence-electron chi connectivity index (χ1n) is 8.62. The number of rotatable bonds is 8. The van der Waals surface area contributed by atoms with Crippen LogP contribution in [0.4, 0.5) is 0 Å². The van der Waals surface area contributed by atoms with E-state index in [0.717, 1.165) is 29.0 Å². The van der Waals surface area contributed by atoms with E-state index in [2.05, 4.69) is 9.71 Å². The van der Waals surface area contributed by atoms with Crippen LogP contribution < -0.4 is 9.46 Å². The summed E-state index contributed by atoms with van der Waals surface area (Å²) in [5.74, 6) is 0.809. The summed E-state index contributed by atoms with van der Waals surface area (Å²) in [6.07, 6.45) is 2.33. The Balaban J connectivity index is 2.06. The summed E-state index contributed by atoms with van der Waals surface area (Å²) in [5.41, 5.74) is 3.00. The Morgan fingerprint density at radius 2 is 1.85 bits per heavy atom. The van der Waals surface area contributed by atoms with Gasteiger partial charge in [0.25, 0.3) is 0 Å². The Labute approximate surface area is 159 Å². The van der Waals surface area contributed by atoms with Crippen molar-refractivity contribution in [3.8, 4) is 5.75 Å². The van der Waals surface area contributed by atoms with Crippen molar-refractivity contribution in [3.05, 3.63) is 59.4 Å². The van der Waals surface area contributed by atoms with Crippen LogP contribution in [0.5, 0.6) is 5.75 Å². The van der Waals surface area contributed by atoms with E-state index in [1.807, 2.05) is 57.2 Å². The van der Waals surface area contributed by atoms with Crippen LogP contribution in [0.25, 0.3) is 0 Å². The first-order chi connectivity index (χ1) is 12.3. The van der Waals surface area contributed by atoms with E-state index < -0.39 is 11.4 Å². The maximum atomic E-state index is 12.1. The van der Waals surface area contributed by atoms with Crippen molar-refractivity contribution in [2.24, 2.45) is 0 Å². The van der Waals surface area contributed by atoms with Gasteiger partial charge in [-0.1, -0.05) is 12.1 Å². The fourth-order valence-corrected chi connectivity index (χ4v) is 3.22. The number of nitrogens with one attached hydrogen (secondary N) is 1. The van der Waals surface area contributed by atoms with Crippen molar-refractivity contribution < 1.29 is 14.0 Å². The van der Waals surface area contributed by atoms with Crippen molar-refractivity contribution in [2.45, 2.75) is 38.0 Å². The highest BCUT2D eigenvalue weighted by atomic mass is 32.2. The summed E-state index contributed by atoms with van der Waals surface area (Å²) in [6.45, 7) is 6.52. The van der Waals surface area contributed by atoms with Gasteiger partial charge in [0.15, 0.2) is 0 Å². The molecule has 0 fully saturated rings. The van der Waals surface area contributed by atoms with E-state index in [1.165, 1.54) is 0 Å². The molecule has 0 radical (unpaired) electrons. The lowest BCUT2D eigenvalue weighted by Gasteiger charge is -2.23. The first kappa shape index (κ1) is 20.7. The van der Waals surface area contributed by atoms with Gasteiger partial charge in [0.1, 0.15) is 16.6 Å². The van der Waals surface area contributed by atoms with Gasteiger partial charge in [0.2, 0.25) is 0 Å². The number of pyridine rings is 1. The Bertz CT molecular complexity index is 686. The van der Waals surface area contributed by atoms with E-state index in [0.29, 0.717) is 6.54 Å². The molecular weight excluding hydrogens is 348 g/mol. The Kier molecular flexibility index (Phi) is 7.46. The highest BCUT2D eigenvalue weighted by Crippen LogP contribution is 2.26. The number of benzene rings is 1. The van der Waals surface area contributed by atoms with Crippen molar-refractivity contribution in [2.75, 3.05) is 20.8 Å². The molecule has 0 aliphatic heterocycles. The second-order valence-corrected chi connectivity index (χ2v) is 9.05. The maximum Gasteiger partial charge on any atom is 0.136 e. The lowest BCUT2D eigenvalue weighted by atomic mass is 10.0. The average Bonchev–Trinajstić information content (AvgIpc) is 2.62. The molecule has 0 amide bonds. The van der Waals surface area contributed by atoms with Crippen LogP contribution >= 0.6 is 0 Å². The fraction of sp³-hybridized carbons (Fsp3) is 0.450. The average molecular weight is 377 g/mol. The molecule has 0 saturated heterocycles. The molecule has 2 aromatic rings. The lowest BCUT2D eigenvalue weighted by molar-refractivity contribution is 0.133. The summed E-state index contributed by atoms with van der Waals surface area (Å²) in [4.78, 5) is 4.48. The van der Waals surface area contributed by atoms with Gasteiger partial charge in [-0.05, 0) is 62.6 Å². The topological polar surface area (TPSA) is 66.4 Å². The highest BCUT2D eigenvalue weighted by Gasteiger charge is 2.25. The third-order valence-electron chi connectivity index (χ3n) is 3.97. The number of aromatic nitrogens is 1.